The van der Waals surface area contributed by atoms with Gasteiger partial charge in [-0.15, -0.1) is 0 Å². The highest BCUT2D eigenvalue weighted by atomic mass is 16.6. The minimum absolute atomic E-state index is 0.296. The molecule has 0 radical (unpaired) electrons. The molecule has 0 saturated carbocycles. The van der Waals surface area contributed by atoms with Crippen molar-refractivity contribution >= 4 is 11.8 Å². The number of nitrogens with two attached hydrogens (primary N) is 1. The van der Waals surface area contributed by atoms with Crippen LogP contribution < -0.4 is 15.4 Å². The first-order chi connectivity index (χ1) is 8.09. The molecular weight excluding hydrogens is 220 g/mol. The molecule has 1 saturated heterocycles. The third-order valence-electron chi connectivity index (χ3n) is 2.85. The molecule has 17 heavy (non-hydrogen) atoms. The maximum atomic E-state index is 11.8. The largest absolute Gasteiger partial charge is 0.495 e. The Morgan fingerprint density at radius 1 is 1.53 bits per heavy atom. The number of methoxy groups -OCH3 is 1. The highest BCUT2D eigenvalue weighted by Gasteiger charge is 2.41. The first-order valence-electron chi connectivity index (χ1n) is 5.43. The quantitative estimate of drug-likeness (QED) is 0.860. The van der Waals surface area contributed by atoms with Crippen LogP contribution in [0, 0.1) is 0 Å². The summed E-state index contributed by atoms with van der Waals surface area (Å²) in [4.78, 5) is 13.4. The van der Waals surface area contributed by atoms with Crippen molar-refractivity contribution < 1.29 is 14.3 Å². The molecule has 0 bridgehead atoms. The minimum atomic E-state index is -0.627. The second-order valence-corrected chi connectivity index (χ2v) is 4.28. The van der Waals surface area contributed by atoms with Gasteiger partial charge in [0.2, 0.25) is 0 Å². The number of para-hydroxylation sites is 2. The van der Waals surface area contributed by atoms with Crippen LogP contribution in [0.15, 0.2) is 24.3 Å². The van der Waals surface area contributed by atoms with E-state index in [1.54, 1.807) is 18.1 Å². The van der Waals surface area contributed by atoms with Crippen LogP contribution in [0.4, 0.5) is 10.5 Å². The molecule has 2 rings (SSSR count). The van der Waals surface area contributed by atoms with Crippen LogP contribution in [-0.4, -0.2) is 31.9 Å². The van der Waals surface area contributed by atoms with Crippen LogP contribution in [0.1, 0.15) is 6.92 Å². The molecule has 5 nitrogen and oxygen atoms in total. The zero-order chi connectivity index (χ0) is 12.5. The van der Waals surface area contributed by atoms with E-state index in [2.05, 4.69) is 0 Å². The van der Waals surface area contributed by atoms with Crippen LogP contribution in [0.2, 0.25) is 0 Å². The monoisotopic (exact) mass is 236 g/mol. The average molecular weight is 236 g/mol. The summed E-state index contributed by atoms with van der Waals surface area (Å²) in [6.45, 7) is 2.55. The van der Waals surface area contributed by atoms with E-state index in [0.717, 1.165) is 0 Å². The van der Waals surface area contributed by atoms with E-state index in [1.165, 1.54) is 0 Å². The summed E-state index contributed by atoms with van der Waals surface area (Å²) in [7, 11) is 1.57. The summed E-state index contributed by atoms with van der Waals surface area (Å²) in [5.41, 5.74) is 5.68. The fraction of sp³-hybridized carbons (Fsp3) is 0.417. The number of carbonyl (C=O) groups excluding carboxylic acids is 1. The average Bonchev–Trinajstić information content (AvgIpc) is 2.65. The maximum absolute atomic E-state index is 11.8. The predicted octanol–water partition coefficient (Wildman–Crippen LogP) is 1.37. The first kappa shape index (κ1) is 11.7. The minimum Gasteiger partial charge on any atom is -0.495 e. The molecule has 1 fully saturated rings. The van der Waals surface area contributed by atoms with Gasteiger partial charge in [0.05, 0.1) is 19.3 Å². The van der Waals surface area contributed by atoms with Gasteiger partial charge >= 0.3 is 6.09 Å². The lowest BCUT2D eigenvalue weighted by Gasteiger charge is -2.19. The fourth-order valence-corrected chi connectivity index (χ4v) is 1.84. The van der Waals surface area contributed by atoms with Gasteiger partial charge in [-0.05, 0) is 19.1 Å². The Balaban J connectivity index is 2.32. The van der Waals surface area contributed by atoms with E-state index in [-0.39, 0.29) is 6.09 Å². The fourth-order valence-electron chi connectivity index (χ4n) is 1.84. The van der Waals surface area contributed by atoms with Gasteiger partial charge in [-0.25, -0.2) is 4.79 Å². The molecule has 92 valence electrons. The van der Waals surface area contributed by atoms with Gasteiger partial charge in [-0.3, -0.25) is 4.90 Å². The smallest absolute Gasteiger partial charge is 0.415 e. The number of anilines is 1. The van der Waals surface area contributed by atoms with Crippen molar-refractivity contribution in [3.05, 3.63) is 24.3 Å². The zero-order valence-electron chi connectivity index (χ0n) is 9.97. The lowest BCUT2D eigenvalue weighted by Crippen LogP contribution is -2.38. The molecule has 1 aromatic carbocycles. The maximum Gasteiger partial charge on any atom is 0.415 e. The normalized spacial score (nSPS) is 23.7. The van der Waals surface area contributed by atoms with Crippen LogP contribution in [0.25, 0.3) is 0 Å². The number of benzene rings is 1. The van der Waals surface area contributed by atoms with Crippen molar-refractivity contribution in [1.29, 1.82) is 0 Å². The van der Waals surface area contributed by atoms with Gasteiger partial charge in [0.15, 0.2) is 0 Å². The standard InChI is InChI=1S/C12H16N2O3/c1-12(7-13)8-14(11(15)17-12)9-5-3-4-6-10(9)16-2/h3-6H,7-8,13H2,1-2H3. The van der Waals surface area contributed by atoms with Gasteiger partial charge in [0, 0.05) is 6.54 Å². The van der Waals surface area contributed by atoms with Crippen molar-refractivity contribution in [3.63, 3.8) is 0 Å². The van der Waals surface area contributed by atoms with Crippen molar-refractivity contribution in [2.75, 3.05) is 25.1 Å². The first-order valence-corrected chi connectivity index (χ1v) is 5.43. The Morgan fingerprint density at radius 2 is 2.24 bits per heavy atom. The van der Waals surface area contributed by atoms with Crippen LogP contribution in [-0.2, 0) is 4.74 Å². The summed E-state index contributed by atoms with van der Waals surface area (Å²) in [5.74, 6) is 0.644. The van der Waals surface area contributed by atoms with E-state index >= 15 is 0 Å². The van der Waals surface area contributed by atoms with Gasteiger partial charge in [0.25, 0.3) is 0 Å². The number of hydrogen-bond donors (Lipinski definition) is 1. The number of hydrogen-bond acceptors (Lipinski definition) is 4. The Labute approximate surface area is 100 Å². The van der Waals surface area contributed by atoms with E-state index in [9.17, 15) is 4.79 Å². The summed E-state index contributed by atoms with van der Waals surface area (Å²) < 4.78 is 10.5. The molecule has 1 atom stereocenters. The number of ether oxygens (including phenoxy) is 2. The molecule has 1 amide bonds. The van der Waals surface area contributed by atoms with E-state index in [4.69, 9.17) is 15.2 Å². The Morgan fingerprint density at radius 3 is 2.82 bits per heavy atom. The molecule has 0 spiro atoms. The van der Waals surface area contributed by atoms with Crippen molar-refractivity contribution in [2.24, 2.45) is 5.73 Å². The molecule has 1 heterocycles. The van der Waals surface area contributed by atoms with Gasteiger partial charge in [-0.2, -0.15) is 0 Å². The van der Waals surface area contributed by atoms with E-state index < -0.39 is 5.60 Å². The van der Waals surface area contributed by atoms with Gasteiger partial charge in [0.1, 0.15) is 11.4 Å². The molecule has 1 unspecified atom stereocenters. The second kappa shape index (κ2) is 4.25. The topological polar surface area (TPSA) is 64.8 Å². The molecule has 2 N–H and O–H groups in total. The molecule has 1 aromatic rings. The molecular formula is C12H16N2O3. The molecule has 5 heteroatoms. The van der Waals surface area contributed by atoms with E-state index in [0.29, 0.717) is 24.5 Å². The molecule has 0 aromatic heterocycles. The van der Waals surface area contributed by atoms with Crippen molar-refractivity contribution in [2.45, 2.75) is 12.5 Å². The van der Waals surface area contributed by atoms with Gasteiger partial charge < -0.3 is 15.2 Å². The predicted molar refractivity (Wildman–Crippen MR) is 64.3 cm³/mol. The Kier molecular flexibility index (Phi) is 2.93. The van der Waals surface area contributed by atoms with Crippen molar-refractivity contribution in [1.82, 2.24) is 0 Å². The van der Waals surface area contributed by atoms with Crippen LogP contribution in [0.3, 0.4) is 0 Å². The lowest BCUT2D eigenvalue weighted by atomic mass is 10.1. The van der Waals surface area contributed by atoms with Crippen molar-refractivity contribution in [3.8, 4) is 5.75 Å². The lowest BCUT2D eigenvalue weighted by molar-refractivity contribution is 0.0789. The van der Waals surface area contributed by atoms with Gasteiger partial charge in [-0.1, -0.05) is 12.1 Å². The van der Waals surface area contributed by atoms with Crippen LogP contribution >= 0.6 is 0 Å². The number of nitrogens with zero attached hydrogens (tertiary/aromatic N) is 1. The summed E-state index contributed by atoms with van der Waals surface area (Å²) >= 11 is 0. The molecule has 1 aliphatic heterocycles. The number of cyclic esters (lactones) is 1. The number of rotatable bonds is 3. The molecule has 0 aliphatic carbocycles. The highest BCUT2D eigenvalue weighted by Crippen LogP contribution is 2.33. The summed E-state index contributed by atoms with van der Waals surface area (Å²) in [6.07, 6.45) is -0.387. The second-order valence-electron chi connectivity index (χ2n) is 4.28. The Hall–Kier alpha value is -1.75. The summed E-state index contributed by atoms with van der Waals surface area (Å²) in [6, 6.07) is 7.33. The summed E-state index contributed by atoms with van der Waals surface area (Å²) in [5, 5.41) is 0. The molecule has 1 aliphatic rings. The van der Waals surface area contributed by atoms with Crippen LogP contribution in [0.5, 0.6) is 5.75 Å². The SMILES string of the molecule is COc1ccccc1N1CC(C)(CN)OC1=O. The zero-order valence-corrected chi connectivity index (χ0v) is 9.97. The third kappa shape index (κ3) is 2.06. The van der Waals surface area contributed by atoms with E-state index in [1.807, 2.05) is 25.1 Å². The number of carbonyl (C=O) groups is 1. The third-order valence-corrected chi connectivity index (χ3v) is 2.85. The Bertz CT molecular complexity index is 436. The number of amides is 1. The highest BCUT2D eigenvalue weighted by molar-refractivity contribution is 5.92.